The summed E-state index contributed by atoms with van der Waals surface area (Å²) in [6.45, 7) is -1.69. The van der Waals surface area contributed by atoms with Crippen LogP contribution in [-0.4, -0.2) is 34.1 Å². The molecule has 9 heteroatoms. The lowest BCUT2D eigenvalue weighted by atomic mass is 10.2. The predicted octanol–water partition coefficient (Wildman–Crippen LogP) is 2.65. The summed E-state index contributed by atoms with van der Waals surface area (Å²) < 4.78 is 39.6. The van der Waals surface area contributed by atoms with Crippen LogP contribution in [0.5, 0.6) is 0 Å². The summed E-state index contributed by atoms with van der Waals surface area (Å²) in [5, 5.41) is 9.09. The molecule has 0 saturated heterocycles. The van der Waals surface area contributed by atoms with Crippen molar-refractivity contribution in [2.45, 2.75) is 6.18 Å². The maximum atomic E-state index is 11.9. The van der Waals surface area contributed by atoms with E-state index in [9.17, 15) is 18.0 Å². The van der Waals surface area contributed by atoms with Crippen molar-refractivity contribution in [3.8, 4) is 11.3 Å². The van der Waals surface area contributed by atoms with Gasteiger partial charge in [-0.1, -0.05) is 30.3 Å². The molecule has 1 aromatic heterocycles. The molecule has 21 heavy (non-hydrogen) atoms. The third-order valence-electron chi connectivity index (χ3n) is 2.21. The minimum absolute atomic E-state index is 0.247. The van der Waals surface area contributed by atoms with Crippen LogP contribution >= 0.6 is 0 Å². The van der Waals surface area contributed by atoms with Crippen LogP contribution in [0.15, 0.2) is 36.5 Å². The van der Waals surface area contributed by atoms with Crippen LogP contribution in [0.4, 0.5) is 23.9 Å². The molecule has 1 amide bonds. The van der Waals surface area contributed by atoms with Crippen LogP contribution in [0.1, 0.15) is 0 Å². The third kappa shape index (κ3) is 4.71. The van der Waals surface area contributed by atoms with Gasteiger partial charge in [0.2, 0.25) is 0 Å². The number of nitrogens with one attached hydrogen (secondary N) is 1. The fraction of sp³-hybridized carbons (Fsp3) is 0.167. The number of amides is 1. The molecular weight excluding hydrogens is 289 g/mol. The number of rotatable bonds is 3. The zero-order valence-electron chi connectivity index (χ0n) is 10.5. The number of nitrogens with zero attached hydrogens (tertiary/aromatic N) is 3. The summed E-state index contributed by atoms with van der Waals surface area (Å²) >= 11 is 0. The molecule has 2 aromatic rings. The molecule has 0 fully saturated rings. The predicted molar refractivity (Wildman–Crippen MR) is 66.3 cm³/mol. The first-order chi connectivity index (χ1) is 9.94. The van der Waals surface area contributed by atoms with Crippen molar-refractivity contribution in [2.75, 3.05) is 11.9 Å². The second kappa shape index (κ2) is 6.16. The van der Waals surface area contributed by atoms with Crippen LogP contribution in [0.2, 0.25) is 0 Å². The van der Waals surface area contributed by atoms with Gasteiger partial charge in [-0.2, -0.15) is 18.3 Å². The maximum absolute atomic E-state index is 11.9. The summed E-state index contributed by atoms with van der Waals surface area (Å²) in [4.78, 5) is 15.1. The zero-order chi connectivity index (χ0) is 15.3. The van der Waals surface area contributed by atoms with E-state index in [4.69, 9.17) is 0 Å². The molecule has 0 aliphatic heterocycles. The van der Waals surface area contributed by atoms with Gasteiger partial charge < -0.3 is 4.74 Å². The summed E-state index contributed by atoms with van der Waals surface area (Å²) in [7, 11) is 0. The van der Waals surface area contributed by atoms with E-state index in [1.54, 1.807) is 24.3 Å². The molecule has 2 rings (SSSR count). The molecule has 1 heterocycles. The van der Waals surface area contributed by atoms with Crippen molar-refractivity contribution >= 4 is 12.0 Å². The monoisotopic (exact) mass is 298 g/mol. The van der Waals surface area contributed by atoms with Gasteiger partial charge in [0.25, 0.3) is 5.95 Å². The van der Waals surface area contributed by atoms with Gasteiger partial charge in [-0.15, -0.1) is 5.10 Å². The van der Waals surface area contributed by atoms with Gasteiger partial charge in [-0.3, -0.25) is 5.32 Å². The first-order valence-corrected chi connectivity index (χ1v) is 5.70. The van der Waals surface area contributed by atoms with Crippen molar-refractivity contribution in [3.63, 3.8) is 0 Å². The Morgan fingerprint density at radius 1 is 1.24 bits per heavy atom. The molecule has 0 spiro atoms. The Kier molecular flexibility index (Phi) is 4.31. The Balaban J connectivity index is 2.03. The molecule has 0 saturated carbocycles. The minimum atomic E-state index is -4.59. The maximum Gasteiger partial charge on any atom is 0.422 e. The molecule has 1 N–H and O–H groups in total. The molecule has 0 unspecified atom stereocenters. The number of halogens is 3. The molecule has 0 aliphatic rings. The number of carbonyl (C=O) groups is 1. The lowest BCUT2D eigenvalue weighted by Gasteiger charge is -2.08. The lowest BCUT2D eigenvalue weighted by molar-refractivity contribution is -0.159. The number of hydrogen-bond donors (Lipinski definition) is 1. The SMILES string of the molecule is O=C(Nc1nncc(-c2ccccc2)n1)OCC(F)(F)F. The van der Waals surface area contributed by atoms with Gasteiger partial charge in [0.1, 0.15) is 0 Å². The highest BCUT2D eigenvalue weighted by Crippen LogP contribution is 2.16. The Bertz CT molecular complexity index is 619. The van der Waals surface area contributed by atoms with Crippen molar-refractivity contribution in [3.05, 3.63) is 36.5 Å². The first kappa shape index (κ1) is 14.7. The Morgan fingerprint density at radius 3 is 2.62 bits per heavy atom. The fourth-order valence-corrected chi connectivity index (χ4v) is 1.38. The second-order valence-electron chi connectivity index (χ2n) is 3.85. The summed E-state index contributed by atoms with van der Waals surface area (Å²) in [5.74, 6) is -0.247. The summed E-state index contributed by atoms with van der Waals surface area (Å²) in [6.07, 6.45) is -4.54. The van der Waals surface area contributed by atoms with Crippen LogP contribution in [0.25, 0.3) is 11.3 Å². The number of hydrogen-bond acceptors (Lipinski definition) is 5. The number of ether oxygens (including phenoxy) is 1. The molecular formula is C12H9F3N4O2. The average Bonchev–Trinajstić information content (AvgIpc) is 2.46. The third-order valence-corrected chi connectivity index (χ3v) is 2.21. The van der Waals surface area contributed by atoms with Gasteiger partial charge in [0.05, 0.1) is 11.9 Å². The number of alkyl halides is 3. The van der Waals surface area contributed by atoms with Crippen molar-refractivity contribution in [2.24, 2.45) is 0 Å². The fourth-order valence-electron chi connectivity index (χ4n) is 1.38. The Labute approximate surface area is 117 Å². The van der Waals surface area contributed by atoms with E-state index in [1.165, 1.54) is 6.20 Å². The van der Waals surface area contributed by atoms with Crippen LogP contribution in [-0.2, 0) is 4.74 Å². The van der Waals surface area contributed by atoms with E-state index in [-0.39, 0.29) is 5.95 Å². The van der Waals surface area contributed by atoms with Gasteiger partial charge in [0.15, 0.2) is 6.61 Å². The van der Waals surface area contributed by atoms with Gasteiger partial charge in [-0.05, 0) is 0 Å². The molecule has 1 aromatic carbocycles. The number of aromatic nitrogens is 3. The van der Waals surface area contributed by atoms with Crippen LogP contribution in [0.3, 0.4) is 0 Å². The minimum Gasteiger partial charge on any atom is -0.440 e. The molecule has 0 aliphatic carbocycles. The number of anilines is 1. The van der Waals surface area contributed by atoms with E-state index >= 15 is 0 Å². The zero-order valence-corrected chi connectivity index (χ0v) is 10.5. The molecule has 0 radical (unpaired) electrons. The van der Waals surface area contributed by atoms with E-state index in [0.717, 1.165) is 5.56 Å². The largest absolute Gasteiger partial charge is 0.440 e. The van der Waals surface area contributed by atoms with E-state index in [2.05, 4.69) is 19.9 Å². The number of carbonyl (C=O) groups excluding carboxylic acids is 1. The quantitative estimate of drug-likeness (QED) is 0.942. The molecule has 0 atom stereocenters. The van der Waals surface area contributed by atoms with Crippen molar-refractivity contribution in [1.82, 2.24) is 15.2 Å². The van der Waals surface area contributed by atoms with Crippen LogP contribution in [0, 0.1) is 0 Å². The van der Waals surface area contributed by atoms with E-state index in [1.807, 2.05) is 11.4 Å². The first-order valence-electron chi connectivity index (χ1n) is 5.70. The molecule has 110 valence electrons. The smallest absolute Gasteiger partial charge is 0.422 e. The number of benzene rings is 1. The topological polar surface area (TPSA) is 77.0 Å². The normalized spacial score (nSPS) is 11.0. The second-order valence-corrected chi connectivity index (χ2v) is 3.85. The average molecular weight is 298 g/mol. The van der Waals surface area contributed by atoms with Crippen LogP contribution < -0.4 is 5.32 Å². The Morgan fingerprint density at radius 2 is 1.95 bits per heavy atom. The highest BCUT2D eigenvalue weighted by atomic mass is 19.4. The Hall–Kier alpha value is -2.71. The van der Waals surface area contributed by atoms with Crippen molar-refractivity contribution < 1.29 is 22.7 Å². The standard InChI is InChI=1S/C12H9F3N4O2/c13-12(14,15)7-21-11(20)18-10-17-9(6-16-19-10)8-4-2-1-3-5-8/h1-6H,7H2,(H,17,18,19,20). The highest BCUT2D eigenvalue weighted by molar-refractivity contribution is 5.82. The van der Waals surface area contributed by atoms with E-state index < -0.39 is 18.9 Å². The lowest BCUT2D eigenvalue weighted by Crippen LogP contribution is -2.24. The molecule has 0 bridgehead atoms. The van der Waals surface area contributed by atoms with Gasteiger partial charge in [-0.25, -0.2) is 9.78 Å². The highest BCUT2D eigenvalue weighted by Gasteiger charge is 2.29. The summed E-state index contributed by atoms with van der Waals surface area (Å²) in [5.41, 5.74) is 1.14. The van der Waals surface area contributed by atoms with Crippen molar-refractivity contribution in [1.29, 1.82) is 0 Å². The molecule has 6 nitrogen and oxygen atoms in total. The van der Waals surface area contributed by atoms with Gasteiger partial charge >= 0.3 is 12.3 Å². The summed E-state index contributed by atoms with van der Waals surface area (Å²) in [6, 6.07) is 8.89. The van der Waals surface area contributed by atoms with Gasteiger partial charge in [0, 0.05) is 5.56 Å². The van der Waals surface area contributed by atoms with E-state index in [0.29, 0.717) is 5.69 Å².